The summed E-state index contributed by atoms with van der Waals surface area (Å²) in [5.74, 6) is 0. The maximum atomic E-state index is 3.30. The van der Waals surface area contributed by atoms with Crippen LogP contribution in [0, 0.1) is 6.08 Å². The van der Waals surface area contributed by atoms with Gasteiger partial charge in [0.2, 0.25) is 0 Å². The Morgan fingerprint density at radius 3 is 2.27 bits per heavy atom. The fourth-order valence-corrected chi connectivity index (χ4v) is 0.789. The van der Waals surface area contributed by atoms with E-state index in [2.05, 4.69) is 26.0 Å². The predicted molar refractivity (Wildman–Crippen MR) is 46.9 cm³/mol. The first-order valence-corrected chi connectivity index (χ1v) is 4.46. The van der Waals surface area contributed by atoms with Crippen LogP contribution < -0.4 is 0 Å². The van der Waals surface area contributed by atoms with E-state index in [9.17, 15) is 0 Å². The molecule has 0 bridgehead atoms. The van der Waals surface area contributed by atoms with E-state index in [4.69, 9.17) is 0 Å². The van der Waals surface area contributed by atoms with Crippen LogP contribution in [0.15, 0.2) is 6.08 Å². The van der Waals surface area contributed by atoms with Crippen LogP contribution >= 0.6 is 0 Å². The molecule has 0 aromatic rings. The normalized spacial score (nSPS) is 10.0. The molecule has 0 aliphatic rings. The number of allylic oxidation sites excluding steroid dienone is 2. The summed E-state index contributed by atoms with van der Waals surface area (Å²) >= 11 is 0. The summed E-state index contributed by atoms with van der Waals surface area (Å²) in [4.78, 5) is 0. The van der Waals surface area contributed by atoms with Gasteiger partial charge in [-0.1, -0.05) is 46.0 Å². The van der Waals surface area contributed by atoms with Crippen molar-refractivity contribution in [3.8, 4) is 0 Å². The van der Waals surface area contributed by atoms with Crippen LogP contribution in [-0.4, -0.2) is 0 Å². The van der Waals surface area contributed by atoms with Crippen LogP contribution in [0.5, 0.6) is 0 Å². The molecule has 0 radical (unpaired) electrons. The fourth-order valence-electron chi connectivity index (χ4n) is 0.789. The van der Waals surface area contributed by atoms with E-state index in [-0.39, 0.29) is 17.1 Å². The maximum Gasteiger partial charge on any atom is 1.00 e. The molecule has 0 aliphatic carbocycles. The molecule has 0 spiro atoms. The zero-order chi connectivity index (χ0) is 7.66. The summed E-state index contributed by atoms with van der Waals surface area (Å²) in [6.07, 6.45) is 13.1. The average Bonchev–Trinajstić information content (AvgIpc) is 1.97. The summed E-state index contributed by atoms with van der Waals surface area (Å²) in [5, 5.41) is 0. The second-order valence-electron chi connectivity index (χ2n) is 2.65. The van der Waals surface area contributed by atoms with E-state index < -0.39 is 0 Å². The summed E-state index contributed by atoms with van der Waals surface area (Å²) in [6, 6.07) is 0. The maximum absolute atomic E-state index is 3.30. The first-order valence-electron chi connectivity index (χ1n) is 4.46. The van der Waals surface area contributed by atoms with Crippen molar-refractivity contribution in [1.82, 2.24) is 0 Å². The second-order valence-corrected chi connectivity index (χ2v) is 2.65. The Balaban J connectivity index is 0. The van der Waals surface area contributed by atoms with Gasteiger partial charge in [0, 0.05) is 0 Å². The van der Waals surface area contributed by atoms with Crippen molar-refractivity contribution in [3.05, 3.63) is 12.2 Å². The molecule has 0 unspecified atom stereocenters. The number of unbranched alkanes of at least 4 members (excludes halogenated alkanes) is 4. The topological polar surface area (TPSA) is 0 Å². The first-order chi connectivity index (χ1) is 4.91. The quantitative estimate of drug-likeness (QED) is 0.350. The molecule has 11 heavy (non-hydrogen) atoms. The predicted octanol–water partition coefficient (Wildman–Crippen LogP) is 3.72. The van der Waals surface area contributed by atoms with E-state index >= 15 is 0 Å². The van der Waals surface area contributed by atoms with Crippen LogP contribution in [0.25, 0.3) is 0 Å². The van der Waals surface area contributed by atoms with E-state index in [0.29, 0.717) is 0 Å². The van der Waals surface area contributed by atoms with Crippen molar-refractivity contribution in [3.63, 3.8) is 0 Å². The van der Waals surface area contributed by atoms with E-state index in [1.54, 1.807) is 0 Å². The van der Waals surface area contributed by atoms with E-state index in [1.165, 1.54) is 32.1 Å². The van der Waals surface area contributed by atoms with Gasteiger partial charge in [0.25, 0.3) is 0 Å². The monoisotopic (exact) mass is 202 g/mol. The largest absolute Gasteiger partial charge is 1.00 e. The zero-order valence-corrected chi connectivity index (χ0v) is 8.56. The Bertz CT molecular complexity index is 66.9. The van der Waals surface area contributed by atoms with Crippen molar-refractivity contribution >= 4 is 0 Å². The van der Waals surface area contributed by atoms with Gasteiger partial charge in [0.15, 0.2) is 0 Å². The molecule has 0 saturated heterocycles. The molecule has 0 aromatic carbocycles. The standard InChI is InChI=1S/C10H19.Cu/c1-3-5-7-9-10-8-6-4-2;/h9H,3-8H2,1-2H3;/q-1;+1. The van der Waals surface area contributed by atoms with Crippen LogP contribution in [0.4, 0.5) is 0 Å². The SMILES string of the molecule is CCCC[C-]=CCCCC.[Cu+]. The molecular formula is C10H19Cu. The van der Waals surface area contributed by atoms with Crippen LogP contribution in [0.2, 0.25) is 0 Å². The van der Waals surface area contributed by atoms with Gasteiger partial charge in [0.05, 0.1) is 0 Å². The van der Waals surface area contributed by atoms with Crippen LogP contribution in [0.3, 0.4) is 0 Å². The molecule has 0 amide bonds. The zero-order valence-electron chi connectivity index (χ0n) is 7.62. The minimum Gasteiger partial charge on any atom is -0.501 e. The number of hydrogen-bond acceptors (Lipinski definition) is 0. The van der Waals surface area contributed by atoms with Crippen molar-refractivity contribution in [1.29, 1.82) is 0 Å². The van der Waals surface area contributed by atoms with Gasteiger partial charge in [-0.15, -0.1) is 0 Å². The average molecular weight is 203 g/mol. The Kier molecular flexibility index (Phi) is 16.2. The Labute approximate surface area is 81.9 Å². The summed E-state index contributed by atoms with van der Waals surface area (Å²) in [6.45, 7) is 4.44. The van der Waals surface area contributed by atoms with Gasteiger partial charge < -0.3 is 6.08 Å². The molecule has 70 valence electrons. The van der Waals surface area contributed by atoms with E-state index in [0.717, 1.165) is 6.42 Å². The van der Waals surface area contributed by atoms with Gasteiger partial charge in [-0.05, 0) is 0 Å². The molecule has 0 fully saturated rings. The Hall–Kier alpha value is 0.259. The van der Waals surface area contributed by atoms with Crippen molar-refractivity contribution in [2.75, 3.05) is 0 Å². The molecule has 0 atom stereocenters. The Morgan fingerprint density at radius 2 is 1.73 bits per heavy atom. The molecule has 0 aromatic heterocycles. The van der Waals surface area contributed by atoms with Gasteiger partial charge in [-0.3, -0.25) is 6.08 Å². The fraction of sp³-hybridized carbons (Fsp3) is 0.800. The molecule has 0 nitrogen and oxygen atoms in total. The third-order valence-corrected chi connectivity index (χ3v) is 1.52. The number of rotatable bonds is 6. The third kappa shape index (κ3) is 13.3. The molecule has 0 heterocycles. The Morgan fingerprint density at radius 1 is 1.09 bits per heavy atom. The number of hydrogen-bond donors (Lipinski definition) is 0. The summed E-state index contributed by atoms with van der Waals surface area (Å²) < 4.78 is 0. The smallest absolute Gasteiger partial charge is 0.501 e. The molecule has 1 heteroatoms. The third-order valence-electron chi connectivity index (χ3n) is 1.52. The first kappa shape index (κ1) is 13.8. The minimum absolute atomic E-state index is 0. The molecule has 0 saturated carbocycles. The van der Waals surface area contributed by atoms with Crippen LogP contribution in [-0.2, 0) is 17.1 Å². The van der Waals surface area contributed by atoms with Gasteiger partial charge in [-0.25, -0.2) is 0 Å². The molecule has 0 rings (SSSR count). The van der Waals surface area contributed by atoms with E-state index in [1.807, 2.05) is 0 Å². The van der Waals surface area contributed by atoms with Gasteiger partial charge in [-0.2, -0.15) is 6.42 Å². The van der Waals surface area contributed by atoms with Gasteiger partial charge in [0.1, 0.15) is 0 Å². The molecular weight excluding hydrogens is 184 g/mol. The summed E-state index contributed by atoms with van der Waals surface area (Å²) in [5.41, 5.74) is 0. The second kappa shape index (κ2) is 12.9. The van der Waals surface area contributed by atoms with Crippen molar-refractivity contribution < 1.29 is 17.1 Å². The molecule has 0 aliphatic heterocycles. The van der Waals surface area contributed by atoms with Gasteiger partial charge >= 0.3 is 17.1 Å². The molecule has 0 N–H and O–H groups in total. The minimum atomic E-state index is 0. The van der Waals surface area contributed by atoms with Crippen molar-refractivity contribution in [2.45, 2.75) is 52.4 Å². The van der Waals surface area contributed by atoms with Crippen LogP contribution in [0.1, 0.15) is 52.4 Å². The summed E-state index contributed by atoms with van der Waals surface area (Å²) in [7, 11) is 0. The van der Waals surface area contributed by atoms with Crippen molar-refractivity contribution in [2.24, 2.45) is 0 Å².